The highest BCUT2D eigenvalue weighted by molar-refractivity contribution is 6.30. The van der Waals surface area contributed by atoms with E-state index in [1.807, 2.05) is 32.0 Å². The number of nitrogens with zero attached hydrogens (tertiary/aromatic N) is 1. The third-order valence-corrected chi connectivity index (χ3v) is 5.10. The van der Waals surface area contributed by atoms with Crippen LogP contribution in [0.25, 0.3) is 6.08 Å². The Hall–Kier alpha value is -3.87. The minimum Gasteiger partial charge on any atom is -0.484 e. The van der Waals surface area contributed by atoms with Crippen molar-refractivity contribution >= 4 is 29.4 Å². The van der Waals surface area contributed by atoms with Crippen LogP contribution in [0.3, 0.4) is 0 Å². The summed E-state index contributed by atoms with van der Waals surface area (Å²) in [7, 11) is 1.25. The highest BCUT2D eigenvalue weighted by Crippen LogP contribution is 2.36. The molecule has 1 heterocycles. The molecule has 0 radical (unpaired) electrons. The number of hydrogen-bond acceptors (Lipinski definition) is 6. The largest absolute Gasteiger partial charge is 0.484 e. The van der Waals surface area contributed by atoms with E-state index >= 15 is 0 Å². The summed E-state index contributed by atoms with van der Waals surface area (Å²) in [6, 6.07) is 12.7. The van der Waals surface area contributed by atoms with Crippen LogP contribution in [0.1, 0.15) is 23.6 Å². The van der Waals surface area contributed by atoms with Gasteiger partial charge in [-0.3, -0.25) is 9.59 Å². The van der Waals surface area contributed by atoms with E-state index in [0.717, 1.165) is 22.4 Å². The van der Waals surface area contributed by atoms with Crippen LogP contribution < -0.4 is 15.4 Å². The number of ether oxygens (including phenoxy) is 2. The van der Waals surface area contributed by atoms with E-state index in [2.05, 4.69) is 0 Å². The molecule has 7 nitrogen and oxygen atoms in total. The lowest BCUT2D eigenvalue weighted by Crippen LogP contribution is -2.20. The Labute approximate surface area is 180 Å². The first-order valence-electron chi connectivity index (χ1n) is 9.67. The summed E-state index contributed by atoms with van der Waals surface area (Å²) in [4.78, 5) is 38.1. The number of primary amides is 1. The minimum absolute atomic E-state index is 0.00777. The Balaban J connectivity index is 2.03. The predicted molar refractivity (Wildman–Crippen MR) is 117 cm³/mol. The van der Waals surface area contributed by atoms with Crippen molar-refractivity contribution in [3.8, 4) is 5.75 Å². The lowest BCUT2D eigenvalue weighted by atomic mass is 10.1. The molecule has 2 N–H and O–H groups in total. The molecule has 0 saturated carbocycles. The van der Waals surface area contributed by atoms with Crippen LogP contribution in [0.4, 0.5) is 5.69 Å². The van der Waals surface area contributed by atoms with Crippen LogP contribution in [0, 0.1) is 13.8 Å². The quantitative estimate of drug-likeness (QED) is 0.438. The van der Waals surface area contributed by atoms with Crippen molar-refractivity contribution in [2.75, 3.05) is 18.6 Å². The third kappa shape index (κ3) is 4.50. The normalized spacial score (nSPS) is 14.9. The number of carbonyl (C=O) groups is 3. The molecule has 0 spiro atoms. The van der Waals surface area contributed by atoms with E-state index in [1.54, 1.807) is 42.2 Å². The van der Waals surface area contributed by atoms with Crippen LogP contribution in [-0.4, -0.2) is 31.4 Å². The summed E-state index contributed by atoms with van der Waals surface area (Å²) in [5.41, 5.74) is 9.64. The highest BCUT2D eigenvalue weighted by atomic mass is 16.5. The second-order valence-corrected chi connectivity index (χ2v) is 7.24. The average molecular weight is 420 g/mol. The lowest BCUT2D eigenvalue weighted by Gasteiger charge is -2.22. The molecule has 1 amide bonds. The zero-order valence-corrected chi connectivity index (χ0v) is 17.9. The SMILES string of the molecule is COC(=O)C1=C(C)N(c2ccc(C)c(C)c2)/C(=C\c2ccc(OCC(N)=O)cc2)C1=O. The number of aryl methyl sites for hydroxylation is 2. The van der Waals surface area contributed by atoms with E-state index in [4.69, 9.17) is 15.2 Å². The van der Waals surface area contributed by atoms with E-state index in [0.29, 0.717) is 17.1 Å². The molecule has 160 valence electrons. The van der Waals surface area contributed by atoms with Gasteiger partial charge in [-0.15, -0.1) is 0 Å². The Kier molecular flexibility index (Phi) is 6.25. The zero-order valence-electron chi connectivity index (χ0n) is 17.9. The molecule has 0 aromatic heterocycles. The van der Waals surface area contributed by atoms with Gasteiger partial charge in [0, 0.05) is 11.4 Å². The molecule has 31 heavy (non-hydrogen) atoms. The first-order valence-corrected chi connectivity index (χ1v) is 9.67. The number of methoxy groups -OCH3 is 1. The number of ketones is 1. The first kappa shape index (κ1) is 21.8. The summed E-state index contributed by atoms with van der Waals surface area (Å²) in [5, 5.41) is 0. The average Bonchev–Trinajstić information content (AvgIpc) is 2.98. The van der Waals surface area contributed by atoms with Crippen molar-refractivity contribution in [1.82, 2.24) is 0 Å². The van der Waals surface area contributed by atoms with Gasteiger partial charge in [0.1, 0.15) is 11.3 Å². The highest BCUT2D eigenvalue weighted by Gasteiger charge is 2.38. The van der Waals surface area contributed by atoms with Crippen LogP contribution in [0.2, 0.25) is 0 Å². The summed E-state index contributed by atoms with van der Waals surface area (Å²) >= 11 is 0. The van der Waals surface area contributed by atoms with Crippen molar-refractivity contribution < 1.29 is 23.9 Å². The van der Waals surface area contributed by atoms with Gasteiger partial charge in [0.05, 0.1) is 12.8 Å². The maximum absolute atomic E-state index is 13.2. The molecule has 7 heteroatoms. The van der Waals surface area contributed by atoms with Gasteiger partial charge in [-0.2, -0.15) is 0 Å². The number of rotatable bonds is 6. The summed E-state index contributed by atoms with van der Waals surface area (Å²) in [5.74, 6) is -1.16. The maximum Gasteiger partial charge on any atom is 0.343 e. The number of anilines is 1. The molecule has 2 aromatic rings. The Bertz CT molecular complexity index is 1110. The summed E-state index contributed by atoms with van der Waals surface area (Å²) < 4.78 is 10.1. The molecular formula is C24H24N2O5. The monoisotopic (exact) mass is 420 g/mol. The number of benzene rings is 2. The van der Waals surface area contributed by atoms with Crippen molar-refractivity contribution in [2.45, 2.75) is 20.8 Å². The smallest absolute Gasteiger partial charge is 0.343 e. The van der Waals surface area contributed by atoms with Crippen molar-refractivity contribution in [2.24, 2.45) is 5.73 Å². The molecule has 1 aliphatic rings. The zero-order chi connectivity index (χ0) is 22.7. The number of carbonyl (C=O) groups excluding carboxylic acids is 3. The number of amides is 1. The topological polar surface area (TPSA) is 98.9 Å². The van der Waals surface area contributed by atoms with Gasteiger partial charge < -0.3 is 20.1 Å². The van der Waals surface area contributed by atoms with Crippen molar-refractivity contribution in [3.05, 3.63) is 76.1 Å². The van der Waals surface area contributed by atoms with Gasteiger partial charge in [0.2, 0.25) is 5.78 Å². The van der Waals surface area contributed by atoms with Crippen LogP contribution in [-0.2, 0) is 19.1 Å². The third-order valence-electron chi connectivity index (χ3n) is 5.10. The molecule has 3 rings (SSSR count). The number of Topliss-reactive ketones (excluding diaryl/α,β-unsaturated/α-hetero) is 1. The van der Waals surface area contributed by atoms with Gasteiger partial charge in [0.15, 0.2) is 6.61 Å². The number of nitrogens with two attached hydrogens (primary N) is 1. The fourth-order valence-corrected chi connectivity index (χ4v) is 3.33. The lowest BCUT2D eigenvalue weighted by molar-refractivity contribution is -0.137. The van der Waals surface area contributed by atoms with Gasteiger partial charge in [-0.25, -0.2) is 4.79 Å². The molecule has 0 bridgehead atoms. The Morgan fingerprint density at radius 2 is 1.71 bits per heavy atom. The van der Waals surface area contributed by atoms with Gasteiger partial charge in [-0.1, -0.05) is 18.2 Å². The fourth-order valence-electron chi connectivity index (χ4n) is 3.33. The summed E-state index contributed by atoms with van der Waals surface area (Å²) in [6.45, 7) is 5.51. The van der Waals surface area contributed by atoms with Gasteiger partial charge in [-0.05, 0) is 67.8 Å². The Morgan fingerprint density at radius 3 is 2.29 bits per heavy atom. The van der Waals surface area contributed by atoms with Crippen molar-refractivity contribution in [1.29, 1.82) is 0 Å². The van der Waals surface area contributed by atoms with Crippen LogP contribution >= 0.6 is 0 Å². The second-order valence-electron chi connectivity index (χ2n) is 7.24. The number of esters is 1. The van der Waals surface area contributed by atoms with Crippen LogP contribution in [0.5, 0.6) is 5.75 Å². The van der Waals surface area contributed by atoms with E-state index in [1.165, 1.54) is 7.11 Å². The molecule has 0 atom stereocenters. The molecule has 0 saturated heterocycles. The molecule has 1 aliphatic heterocycles. The van der Waals surface area contributed by atoms with Gasteiger partial charge in [0.25, 0.3) is 5.91 Å². The Morgan fingerprint density at radius 1 is 1.03 bits per heavy atom. The van der Waals surface area contributed by atoms with E-state index in [-0.39, 0.29) is 12.2 Å². The first-order chi connectivity index (χ1) is 14.7. The predicted octanol–water partition coefficient (Wildman–Crippen LogP) is 3.04. The number of allylic oxidation sites excluding steroid dienone is 2. The summed E-state index contributed by atoms with van der Waals surface area (Å²) in [6.07, 6.45) is 1.70. The fraction of sp³-hybridized carbons (Fsp3) is 0.208. The van der Waals surface area contributed by atoms with Gasteiger partial charge >= 0.3 is 5.97 Å². The molecule has 0 aliphatic carbocycles. The molecule has 0 unspecified atom stereocenters. The maximum atomic E-state index is 13.2. The minimum atomic E-state index is -0.671. The second kappa shape index (κ2) is 8.87. The molecule has 2 aromatic carbocycles. The molecule has 0 fully saturated rings. The standard InChI is InChI=1S/C24H24N2O5/c1-14-5-8-18(11-15(14)2)26-16(3)22(24(29)30-4)23(28)20(26)12-17-6-9-19(10-7-17)31-13-21(25)27/h5-12H,13H2,1-4H3,(H2,25,27)/b20-12-. The van der Waals surface area contributed by atoms with E-state index in [9.17, 15) is 14.4 Å². The van der Waals surface area contributed by atoms with Crippen molar-refractivity contribution in [3.63, 3.8) is 0 Å². The van der Waals surface area contributed by atoms with Crippen LogP contribution in [0.15, 0.2) is 59.4 Å². The van der Waals surface area contributed by atoms with E-state index < -0.39 is 17.7 Å². The number of hydrogen-bond donors (Lipinski definition) is 1. The molecular weight excluding hydrogens is 396 g/mol.